The Morgan fingerprint density at radius 1 is 1.36 bits per heavy atom. The summed E-state index contributed by atoms with van der Waals surface area (Å²) in [6.45, 7) is 4.09. The van der Waals surface area contributed by atoms with E-state index in [4.69, 9.17) is 0 Å². The van der Waals surface area contributed by atoms with Gasteiger partial charge < -0.3 is 5.32 Å². The zero-order valence-corrected chi connectivity index (χ0v) is 16.8. The van der Waals surface area contributed by atoms with Gasteiger partial charge in [-0.2, -0.15) is 11.8 Å². The Hall–Kier alpha value is -1.21. The van der Waals surface area contributed by atoms with Gasteiger partial charge in [0.2, 0.25) is 15.9 Å². The Morgan fingerprint density at radius 2 is 2.04 bits per heavy atom. The van der Waals surface area contributed by atoms with Crippen molar-refractivity contribution in [2.75, 3.05) is 22.9 Å². The molecule has 0 heterocycles. The molecule has 1 aliphatic carbocycles. The molecular formula is C18H28N2O3S2. The average molecular weight is 385 g/mol. The number of carbonyl (C=O) groups is 1. The number of hydrogen-bond acceptors (Lipinski definition) is 4. The fourth-order valence-corrected chi connectivity index (χ4v) is 5.56. The van der Waals surface area contributed by atoms with E-state index in [-0.39, 0.29) is 5.91 Å². The topological polar surface area (TPSA) is 66.5 Å². The quantitative estimate of drug-likeness (QED) is 0.700. The van der Waals surface area contributed by atoms with Crippen LogP contribution in [0, 0.1) is 6.92 Å². The standard InChI is InChI=1S/C18H28N2O3S2/c1-14-7-6-8-16(13-14)20(25(3,22)23)15(2)18(21)19-11-12-24-17-9-4-5-10-17/h6-8,13,15,17H,4-5,9-12H2,1-3H3,(H,19,21)/t15-/m1/s1. The summed E-state index contributed by atoms with van der Waals surface area (Å²) in [5.74, 6) is 0.603. The van der Waals surface area contributed by atoms with Gasteiger partial charge in [-0.25, -0.2) is 8.42 Å². The number of hydrogen-bond donors (Lipinski definition) is 1. The molecule has 1 aromatic carbocycles. The monoisotopic (exact) mass is 384 g/mol. The van der Waals surface area contributed by atoms with E-state index in [2.05, 4.69) is 5.32 Å². The van der Waals surface area contributed by atoms with E-state index in [1.165, 1.54) is 30.0 Å². The Balaban J connectivity index is 1.96. The summed E-state index contributed by atoms with van der Waals surface area (Å²) in [5, 5.41) is 3.59. The lowest BCUT2D eigenvalue weighted by Crippen LogP contribution is -2.48. The highest BCUT2D eigenvalue weighted by atomic mass is 32.2. The number of thioether (sulfide) groups is 1. The Kier molecular flexibility index (Phi) is 7.19. The summed E-state index contributed by atoms with van der Waals surface area (Å²) in [6, 6.07) is 6.41. The van der Waals surface area contributed by atoms with Crippen molar-refractivity contribution >= 4 is 33.4 Å². The Morgan fingerprint density at radius 3 is 2.64 bits per heavy atom. The minimum atomic E-state index is -3.56. The van der Waals surface area contributed by atoms with Crippen LogP contribution in [0.5, 0.6) is 0 Å². The lowest BCUT2D eigenvalue weighted by molar-refractivity contribution is -0.121. The number of carbonyl (C=O) groups excluding carboxylic acids is 1. The second-order valence-electron chi connectivity index (χ2n) is 6.64. The van der Waals surface area contributed by atoms with Crippen LogP contribution in [0.1, 0.15) is 38.2 Å². The minimum Gasteiger partial charge on any atom is -0.353 e. The summed E-state index contributed by atoms with van der Waals surface area (Å²) in [6.07, 6.45) is 6.28. The van der Waals surface area contributed by atoms with Crippen molar-refractivity contribution in [1.82, 2.24) is 5.32 Å². The molecule has 25 heavy (non-hydrogen) atoms. The first kappa shape index (κ1) is 20.1. The minimum absolute atomic E-state index is 0.265. The zero-order chi connectivity index (χ0) is 18.4. The third-order valence-electron chi connectivity index (χ3n) is 4.40. The predicted molar refractivity (Wildman–Crippen MR) is 106 cm³/mol. The second kappa shape index (κ2) is 8.94. The van der Waals surface area contributed by atoms with E-state index in [1.807, 2.05) is 24.8 Å². The second-order valence-corrected chi connectivity index (χ2v) is 9.91. The van der Waals surface area contributed by atoms with E-state index >= 15 is 0 Å². The molecule has 0 unspecified atom stereocenters. The molecule has 0 aliphatic heterocycles. The van der Waals surface area contributed by atoms with Gasteiger partial charge in [-0.1, -0.05) is 25.0 Å². The van der Waals surface area contributed by atoms with E-state index in [0.717, 1.165) is 17.6 Å². The lowest BCUT2D eigenvalue weighted by Gasteiger charge is -2.28. The van der Waals surface area contributed by atoms with Gasteiger partial charge >= 0.3 is 0 Å². The molecule has 0 bridgehead atoms. The molecule has 0 radical (unpaired) electrons. The van der Waals surface area contributed by atoms with Gasteiger partial charge in [-0.05, 0) is 44.4 Å². The summed E-state index contributed by atoms with van der Waals surface area (Å²) in [7, 11) is -3.56. The maximum Gasteiger partial charge on any atom is 0.243 e. The van der Waals surface area contributed by atoms with Crippen molar-refractivity contribution in [2.45, 2.75) is 50.8 Å². The molecule has 1 N–H and O–H groups in total. The van der Waals surface area contributed by atoms with E-state index in [1.54, 1.807) is 25.1 Å². The van der Waals surface area contributed by atoms with Gasteiger partial charge in [0.1, 0.15) is 6.04 Å². The van der Waals surface area contributed by atoms with Crippen LogP contribution >= 0.6 is 11.8 Å². The summed E-state index contributed by atoms with van der Waals surface area (Å²) in [4.78, 5) is 12.5. The summed E-state index contributed by atoms with van der Waals surface area (Å²) >= 11 is 1.90. The van der Waals surface area contributed by atoms with Gasteiger partial charge in [0.15, 0.2) is 0 Å². The summed E-state index contributed by atoms with van der Waals surface area (Å²) in [5.41, 5.74) is 1.47. The normalized spacial score (nSPS) is 16.6. The number of benzene rings is 1. The van der Waals surface area contributed by atoms with Crippen LogP contribution in [0.15, 0.2) is 24.3 Å². The number of aryl methyl sites for hydroxylation is 1. The molecule has 1 amide bonds. The number of nitrogens with zero attached hydrogens (tertiary/aromatic N) is 1. The van der Waals surface area contributed by atoms with Gasteiger partial charge in [0.25, 0.3) is 0 Å². The Labute approximate surface area is 155 Å². The van der Waals surface area contributed by atoms with E-state index < -0.39 is 16.1 Å². The fraction of sp³-hybridized carbons (Fsp3) is 0.611. The predicted octanol–water partition coefficient (Wildman–Crippen LogP) is 2.94. The van der Waals surface area contributed by atoms with Crippen LogP contribution < -0.4 is 9.62 Å². The van der Waals surface area contributed by atoms with Gasteiger partial charge in [0.05, 0.1) is 11.9 Å². The van der Waals surface area contributed by atoms with E-state index in [0.29, 0.717) is 17.5 Å². The van der Waals surface area contributed by atoms with Crippen molar-refractivity contribution in [3.8, 4) is 0 Å². The molecule has 1 fully saturated rings. The maximum atomic E-state index is 12.5. The molecule has 0 saturated heterocycles. The molecule has 140 valence electrons. The molecule has 2 rings (SSSR count). The highest BCUT2D eigenvalue weighted by Crippen LogP contribution is 2.29. The highest BCUT2D eigenvalue weighted by Gasteiger charge is 2.29. The van der Waals surface area contributed by atoms with Gasteiger partial charge in [-0.15, -0.1) is 0 Å². The smallest absolute Gasteiger partial charge is 0.243 e. The van der Waals surface area contributed by atoms with Crippen LogP contribution in [0.3, 0.4) is 0 Å². The zero-order valence-electron chi connectivity index (χ0n) is 15.2. The first-order valence-corrected chi connectivity index (χ1v) is 11.6. The van der Waals surface area contributed by atoms with Crippen LogP contribution in [0.2, 0.25) is 0 Å². The largest absolute Gasteiger partial charge is 0.353 e. The molecule has 0 spiro atoms. The van der Waals surface area contributed by atoms with Crippen LogP contribution in [-0.2, 0) is 14.8 Å². The number of nitrogens with one attached hydrogen (secondary N) is 1. The van der Waals surface area contributed by atoms with Crippen molar-refractivity contribution in [2.24, 2.45) is 0 Å². The molecule has 1 atom stereocenters. The van der Waals surface area contributed by atoms with Crippen molar-refractivity contribution in [3.05, 3.63) is 29.8 Å². The number of sulfonamides is 1. The molecule has 0 aromatic heterocycles. The van der Waals surface area contributed by atoms with Gasteiger partial charge in [-0.3, -0.25) is 9.10 Å². The van der Waals surface area contributed by atoms with Gasteiger partial charge in [0, 0.05) is 17.5 Å². The number of anilines is 1. The van der Waals surface area contributed by atoms with Crippen molar-refractivity contribution in [3.63, 3.8) is 0 Å². The molecule has 1 aliphatic rings. The molecule has 7 heteroatoms. The molecule has 1 aromatic rings. The molecule has 5 nitrogen and oxygen atoms in total. The number of amides is 1. The third-order valence-corrected chi connectivity index (χ3v) is 7.03. The summed E-state index contributed by atoms with van der Waals surface area (Å²) < 4.78 is 25.7. The fourth-order valence-electron chi connectivity index (χ4n) is 3.18. The lowest BCUT2D eigenvalue weighted by atomic mass is 10.2. The van der Waals surface area contributed by atoms with Crippen LogP contribution in [-0.4, -0.2) is 44.2 Å². The first-order chi connectivity index (χ1) is 11.8. The number of rotatable bonds is 8. The molecular weight excluding hydrogens is 356 g/mol. The van der Waals surface area contributed by atoms with Crippen LogP contribution in [0.4, 0.5) is 5.69 Å². The maximum absolute atomic E-state index is 12.5. The highest BCUT2D eigenvalue weighted by molar-refractivity contribution is 7.99. The average Bonchev–Trinajstić information content (AvgIpc) is 3.03. The SMILES string of the molecule is Cc1cccc(N([C@H](C)C(=O)NCCSC2CCCC2)S(C)(=O)=O)c1. The molecule has 1 saturated carbocycles. The van der Waals surface area contributed by atoms with Crippen LogP contribution in [0.25, 0.3) is 0 Å². The first-order valence-electron chi connectivity index (χ1n) is 8.74. The van der Waals surface area contributed by atoms with E-state index in [9.17, 15) is 13.2 Å². The van der Waals surface area contributed by atoms with Crippen molar-refractivity contribution < 1.29 is 13.2 Å². The van der Waals surface area contributed by atoms with Crippen molar-refractivity contribution in [1.29, 1.82) is 0 Å². The Bertz CT molecular complexity index is 685. The third kappa shape index (κ3) is 5.92.